The van der Waals surface area contributed by atoms with Gasteiger partial charge in [-0.1, -0.05) is 26.3 Å². The van der Waals surface area contributed by atoms with Gasteiger partial charge in [0, 0.05) is 5.41 Å². The Labute approximate surface area is 160 Å². The summed E-state index contributed by atoms with van der Waals surface area (Å²) in [5.74, 6) is 0.348. The van der Waals surface area contributed by atoms with Crippen LogP contribution in [-0.4, -0.2) is 20.5 Å². The number of nitrogens with zero attached hydrogens (tertiary/aromatic N) is 2. The van der Waals surface area contributed by atoms with Crippen LogP contribution in [0.2, 0.25) is 0 Å². The van der Waals surface area contributed by atoms with Gasteiger partial charge in [0.1, 0.15) is 5.82 Å². The summed E-state index contributed by atoms with van der Waals surface area (Å²) in [4.78, 5) is 0. The van der Waals surface area contributed by atoms with E-state index in [0.29, 0.717) is 5.92 Å². The molecule has 1 fully saturated rings. The van der Waals surface area contributed by atoms with E-state index < -0.39 is 5.60 Å². The van der Waals surface area contributed by atoms with E-state index in [-0.39, 0.29) is 11.2 Å². The number of halogens is 1. The van der Waals surface area contributed by atoms with E-state index in [1.807, 2.05) is 10.9 Å². The van der Waals surface area contributed by atoms with Crippen LogP contribution < -0.4 is 0 Å². The molecule has 4 rings (SSSR count). The Morgan fingerprint density at radius 3 is 2.70 bits per heavy atom. The average molecular weight is 368 g/mol. The molecule has 0 saturated heterocycles. The molecule has 0 bridgehead atoms. The van der Waals surface area contributed by atoms with Gasteiger partial charge in [-0.15, -0.1) is 0 Å². The molecule has 2 aromatic rings. The maximum atomic E-state index is 13.3. The molecule has 1 N–H and O–H groups in total. The number of aliphatic hydroxyl groups is 1. The van der Waals surface area contributed by atoms with Crippen LogP contribution in [0.1, 0.15) is 64.1 Å². The summed E-state index contributed by atoms with van der Waals surface area (Å²) in [7, 11) is 0. The van der Waals surface area contributed by atoms with Gasteiger partial charge < -0.3 is 5.11 Å². The van der Waals surface area contributed by atoms with Crippen molar-refractivity contribution in [2.24, 2.45) is 11.3 Å². The third kappa shape index (κ3) is 3.04. The molecule has 0 aliphatic heterocycles. The molecule has 1 aromatic carbocycles. The van der Waals surface area contributed by atoms with Gasteiger partial charge in [-0.2, -0.15) is 5.10 Å². The van der Waals surface area contributed by atoms with E-state index in [2.05, 4.69) is 31.9 Å². The molecule has 1 aromatic heterocycles. The van der Waals surface area contributed by atoms with E-state index in [0.717, 1.165) is 55.5 Å². The van der Waals surface area contributed by atoms with Crippen LogP contribution in [0.4, 0.5) is 4.39 Å². The first-order valence-electron chi connectivity index (χ1n) is 10.1. The molecule has 0 radical (unpaired) electrons. The standard InChI is InChI=1S/C23H29FN2O/c1-16(2)10-12-23(27)11-4-5-18-13-21-17(14-22(18,23)3)15-25-26(21)20-8-6-19(24)7-9-20/h6-9,13,15-16,27H,4-5,10-12,14H2,1-3H3/t22-,23+/m0/s1. The Morgan fingerprint density at radius 2 is 2.00 bits per heavy atom. The SMILES string of the molecule is CC(C)CC[C@]1(O)CCCC2=Cc3c(cnn3-c3ccc(F)cc3)C[C@@]21C. The topological polar surface area (TPSA) is 38.1 Å². The largest absolute Gasteiger partial charge is 0.389 e. The molecular formula is C23H29FN2O. The highest BCUT2D eigenvalue weighted by molar-refractivity contribution is 5.62. The lowest BCUT2D eigenvalue weighted by Gasteiger charge is -2.52. The first kappa shape index (κ1) is 18.4. The normalized spacial score (nSPS) is 27.3. The van der Waals surface area contributed by atoms with Crippen molar-refractivity contribution in [1.29, 1.82) is 0 Å². The van der Waals surface area contributed by atoms with Gasteiger partial charge >= 0.3 is 0 Å². The maximum absolute atomic E-state index is 13.3. The second kappa shape index (κ2) is 6.59. The molecule has 2 atom stereocenters. The van der Waals surface area contributed by atoms with Gasteiger partial charge in [0.05, 0.1) is 23.2 Å². The molecule has 3 nitrogen and oxygen atoms in total. The van der Waals surface area contributed by atoms with Crippen molar-refractivity contribution in [2.45, 2.75) is 64.9 Å². The van der Waals surface area contributed by atoms with Crippen LogP contribution in [0.15, 0.2) is 36.0 Å². The fourth-order valence-electron chi connectivity index (χ4n) is 4.88. The highest BCUT2D eigenvalue weighted by Gasteiger charge is 2.52. The zero-order valence-electron chi connectivity index (χ0n) is 16.5. The van der Waals surface area contributed by atoms with Gasteiger partial charge in [-0.3, -0.25) is 0 Å². The first-order chi connectivity index (χ1) is 12.8. The Balaban J connectivity index is 1.72. The Morgan fingerprint density at radius 1 is 1.26 bits per heavy atom. The third-order valence-corrected chi connectivity index (χ3v) is 6.72. The average Bonchev–Trinajstić information content (AvgIpc) is 3.02. The number of fused-ring (bicyclic) bond motifs is 2. The summed E-state index contributed by atoms with van der Waals surface area (Å²) in [5.41, 5.74) is 3.54. The predicted octanol–water partition coefficient (Wildman–Crippen LogP) is 5.31. The number of hydrogen-bond acceptors (Lipinski definition) is 2. The predicted molar refractivity (Wildman–Crippen MR) is 106 cm³/mol. The van der Waals surface area contributed by atoms with Gasteiger partial charge in [0.25, 0.3) is 0 Å². The van der Waals surface area contributed by atoms with E-state index >= 15 is 0 Å². The van der Waals surface area contributed by atoms with Crippen LogP contribution in [0.25, 0.3) is 11.8 Å². The molecule has 1 saturated carbocycles. The van der Waals surface area contributed by atoms with Crippen molar-refractivity contribution in [3.8, 4) is 5.69 Å². The zero-order chi connectivity index (χ0) is 19.2. The van der Waals surface area contributed by atoms with Gasteiger partial charge in [-0.05, 0) is 80.3 Å². The van der Waals surface area contributed by atoms with Gasteiger partial charge in [0.2, 0.25) is 0 Å². The minimum atomic E-state index is -0.656. The van der Waals surface area contributed by atoms with E-state index in [1.54, 1.807) is 12.1 Å². The van der Waals surface area contributed by atoms with Gasteiger partial charge in [-0.25, -0.2) is 9.07 Å². The van der Waals surface area contributed by atoms with Crippen LogP contribution in [0, 0.1) is 17.2 Å². The number of rotatable bonds is 4. The number of benzene rings is 1. The summed E-state index contributed by atoms with van der Waals surface area (Å²) in [5, 5.41) is 16.2. The molecule has 27 heavy (non-hydrogen) atoms. The monoisotopic (exact) mass is 368 g/mol. The molecule has 0 spiro atoms. The lowest BCUT2D eigenvalue weighted by atomic mass is 9.56. The van der Waals surface area contributed by atoms with E-state index in [1.165, 1.54) is 17.7 Å². The van der Waals surface area contributed by atoms with Crippen LogP contribution in [-0.2, 0) is 6.42 Å². The first-order valence-corrected chi connectivity index (χ1v) is 10.1. The molecule has 4 heteroatoms. The molecule has 0 amide bonds. The zero-order valence-corrected chi connectivity index (χ0v) is 16.5. The van der Waals surface area contributed by atoms with Crippen LogP contribution in [0.5, 0.6) is 0 Å². The summed E-state index contributed by atoms with van der Waals surface area (Å²) < 4.78 is 15.2. The maximum Gasteiger partial charge on any atom is 0.123 e. The van der Waals surface area contributed by atoms with Crippen LogP contribution >= 0.6 is 0 Å². The molecule has 1 heterocycles. The summed E-state index contributed by atoms with van der Waals surface area (Å²) in [6.45, 7) is 6.67. The Hall–Kier alpha value is -1.94. The lowest BCUT2D eigenvalue weighted by Crippen LogP contribution is -2.52. The quantitative estimate of drug-likeness (QED) is 0.794. The minimum absolute atomic E-state index is 0.232. The summed E-state index contributed by atoms with van der Waals surface area (Å²) in [6.07, 6.45) is 9.76. The van der Waals surface area contributed by atoms with Gasteiger partial charge in [0.15, 0.2) is 0 Å². The smallest absolute Gasteiger partial charge is 0.123 e. The summed E-state index contributed by atoms with van der Waals surface area (Å²) >= 11 is 0. The molecular weight excluding hydrogens is 339 g/mol. The third-order valence-electron chi connectivity index (χ3n) is 6.72. The second-order valence-corrected chi connectivity index (χ2v) is 8.94. The highest BCUT2D eigenvalue weighted by Crippen LogP contribution is 2.55. The number of aromatic nitrogens is 2. The summed E-state index contributed by atoms with van der Waals surface area (Å²) in [6, 6.07) is 6.45. The Kier molecular flexibility index (Phi) is 4.50. The highest BCUT2D eigenvalue weighted by atomic mass is 19.1. The lowest BCUT2D eigenvalue weighted by molar-refractivity contribution is -0.0875. The van der Waals surface area contributed by atoms with E-state index in [9.17, 15) is 9.50 Å². The fourth-order valence-corrected chi connectivity index (χ4v) is 4.88. The van der Waals surface area contributed by atoms with Crippen molar-refractivity contribution in [3.05, 3.63) is 53.1 Å². The molecule has 144 valence electrons. The van der Waals surface area contributed by atoms with Crippen molar-refractivity contribution in [2.75, 3.05) is 0 Å². The minimum Gasteiger partial charge on any atom is -0.389 e. The molecule has 2 aliphatic rings. The van der Waals surface area contributed by atoms with Crippen molar-refractivity contribution in [3.63, 3.8) is 0 Å². The van der Waals surface area contributed by atoms with Crippen molar-refractivity contribution < 1.29 is 9.50 Å². The van der Waals surface area contributed by atoms with Crippen molar-refractivity contribution >= 4 is 6.08 Å². The molecule has 0 unspecified atom stereocenters. The van der Waals surface area contributed by atoms with Crippen LogP contribution in [0.3, 0.4) is 0 Å². The second-order valence-electron chi connectivity index (χ2n) is 8.94. The van der Waals surface area contributed by atoms with E-state index in [4.69, 9.17) is 0 Å². The number of hydrogen-bond donors (Lipinski definition) is 1. The molecule has 2 aliphatic carbocycles. The fraction of sp³-hybridized carbons (Fsp3) is 0.522. The van der Waals surface area contributed by atoms with Crippen molar-refractivity contribution in [1.82, 2.24) is 9.78 Å². The Bertz CT molecular complexity index is 867.